The lowest BCUT2D eigenvalue weighted by atomic mass is 10.1. The van der Waals surface area contributed by atoms with Crippen LogP contribution in [0.2, 0.25) is 10.0 Å². The zero-order valence-electron chi connectivity index (χ0n) is 20.6. The Kier molecular flexibility index (Phi) is 11.1. The SMILES string of the molecule is CCOc1cc(/C=N\NC(=O)[C@H](Cc2ccccc2)NC(=O)[C@@H](C)Oc2ccc(Cl)cc2Cl)cc(I)c1O. The Labute approximate surface area is 244 Å². The fourth-order valence-electron chi connectivity index (χ4n) is 3.35. The molecule has 0 aliphatic rings. The number of nitrogens with zero attached hydrogens (tertiary/aromatic N) is 1. The summed E-state index contributed by atoms with van der Waals surface area (Å²) in [7, 11) is 0. The van der Waals surface area contributed by atoms with E-state index in [2.05, 4.69) is 15.8 Å². The molecule has 8 nitrogen and oxygen atoms in total. The van der Waals surface area contributed by atoms with Crippen LogP contribution in [-0.4, -0.2) is 41.9 Å². The van der Waals surface area contributed by atoms with Gasteiger partial charge in [-0.25, -0.2) is 5.43 Å². The van der Waals surface area contributed by atoms with Gasteiger partial charge in [0.25, 0.3) is 11.8 Å². The Hall–Kier alpha value is -3.02. The van der Waals surface area contributed by atoms with Gasteiger partial charge in [0.2, 0.25) is 0 Å². The van der Waals surface area contributed by atoms with Crippen LogP contribution < -0.4 is 20.2 Å². The first-order chi connectivity index (χ1) is 18.2. The number of hydrogen-bond acceptors (Lipinski definition) is 6. The molecule has 0 spiro atoms. The third kappa shape index (κ3) is 8.50. The van der Waals surface area contributed by atoms with Gasteiger partial charge in [0.15, 0.2) is 17.6 Å². The summed E-state index contributed by atoms with van der Waals surface area (Å²) < 4.78 is 11.7. The maximum atomic E-state index is 13.1. The number of benzene rings is 3. The summed E-state index contributed by atoms with van der Waals surface area (Å²) in [5, 5.41) is 17.6. The average molecular weight is 670 g/mol. The summed E-state index contributed by atoms with van der Waals surface area (Å²) in [4.78, 5) is 26.0. The molecule has 0 saturated carbocycles. The molecular formula is C27H26Cl2IN3O5. The molecule has 0 heterocycles. The minimum absolute atomic E-state index is 0.0375. The zero-order chi connectivity index (χ0) is 27.7. The van der Waals surface area contributed by atoms with Gasteiger partial charge in [0.1, 0.15) is 11.8 Å². The van der Waals surface area contributed by atoms with Crippen LogP contribution in [0.4, 0.5) is 0 Å². The number of carbonyl (C=O) groups excluding carboxylic acids is 2. The van der Waals surface area contributed by atoms with E-state index in [1.54, 1.807) is 31.2 Å². The lowest BCUT2D eigenvalue weighted by Gasteiger charge is -2.21. The van der Waals surface area contributed by atoms with Crippen molar-refractivity contribution in [1.29, 1.82) is 0 Å². The van der Waals surface area contributed by atoms with Crippen molar-refractivity contribution >= 4 is 63.8 Å². The fraction of sp³-hybridized carbons (Fsp3) is 0.222. The topological polar surface area (TPSA) is 109 Å². The highest BCUT2D eigenvalue weighted by Gasteiger charge is 2.25. The first-order valence-electron chi connectivity index (χ1n) is 11.6. The molecule has 0 radical (unpaired) electrons. The Bertz CT molecular complexity index is 1310. The molecule has 200 valence electrons. The Balaban J connectivity index is 1.72. The Morgan fingerprint density at radius 1 is 1.08 bits per heavy atom. The number of phenols is 1. The molecule has 0 fully saturated rings. The van der Waals surface area contributed by atoms with Gasteiger partial charge >= 0.3 is 0 Å². The van der Waals surface area contributed by atoms with Crippen LogP contribution in [-0.2, 0) is 16.0 Å². The van der Waals surface area contributed by atoms with Crippen LogP contribution in [0.25, 0.3) is 0 Å². The Morgan fingerprint density at radius 2 is 1.82 bits per heavy atom. The molecule has 2 atom stereocenters. The van der Waals surface area contributed by atoms with Gasteiger partial charge in [-0.05, 0) is 77.9 Å². The zero-order valence-corrected chi connectivity index (χ0v) is 24.3. The number of halogens is 3. The van der Waals surface area contributed by atoms with Gasteiger partial charge < -0.3 is 19.9 Å². The molecule has 3 aromatic rings. The minimum Gasteiger partial charge on any atom is -0.504 e. The van der Waals surface area contributed by atoms with Gasteiger partial charge in [-0.1, -0.05) is 53.5 Å². The van der Waals surface area contributed by atoms with Gasteiger partial charge in [-0.3, -0.25) is 9.59 Å². The lowest BCUT2D eigenvalue weighted by molar-refractivity contribution is -0.132. The average Bonchev–Trinajstić information content (AvgIpc) is 2.88. The number of amides is 2. The molecule has 3 rings (SSSR count). The van der Waals surface area contributed by atoms with Gasteiger partial charge in [0, 0.05) is 11.4 Å². The van der Waals surface area contributed by atoms with Crippen molar-refractivity contribution in [3.8, 4) is 17.2 Å². The molecule has 3 N–H and O–H groups in total. The van der Waals surface area contributed by atoms with E-state index >= 15 is 0 Å². The van der Waals surface area contributed by atoms with Crippen molar-refractivity contribution in [1.82, 2.24) is 10.7 Å². The highest BCUT2D eigenvalue weighted by Crippen LogP contribution is 2.32. The van der Waals surface area contributed by atoms with Crippen LogP contribution >= 0.6 is 45.8 Å². The van der Waals surface area contributed by atoms with Crippen molar-refractivity contribution in [3.05, 3.63) is 85.4 Å². The number of hydrazone groups is 1. The number of nitrogens with one attached hydrogen (secondary N) is 2. The van der Waals surface area contributed by atoms with Crippen LogP contribution in [0, 0.1) is 3.57 Å². The summed E-state index contributed by atoms with van der Waals surface area (Å²) in [5.74, 6) is -0.381. The molecule has 2 amide bonds. The van der Waals surface area contributed by atoms with E-state index in [0.29, 0.717) is 32.3 Å². The van der Waals surface area contributed by atoms with Gasteiger partial charge in [-0.2, -0.15) is 5.10 Å². The largest absolute Gasteiger partial charge is 0.504 e. The molecule has 0 saturated heterocycles. The predicted molar refractivity (Wildman–Crippen MR) is 156 cm³/mol. The monoisotopic (exact) mass is 669 g/mol. The third-order valence-corrected chi connectivity index (χ3v) is 6.57. The highest BCUT2D eigenvalue weighted by molar-refractivity contribution is 14.1. The highest BCUT2D eigenvalue weighted by atomic mass is 127. The van der Waals surface area contributed by atoms with Crippen molar-refractivity contribution < 1.29 is 24.2 Å². The first-order valence-corrected chi connectivity index (χ1v) is 13.5. The second kappa shape index (κ2) is 14.2. The smallest absolute Gasteiger partial charge is 0.262 e. The quantitative estimate of drug-likeness (QED) is 0.145. The summed E-state index contributed by atoms with van der Waals surface area (Å²) in [6.45, 7) is 3.75. The molecule has 0 aliphatic heterocycles. The Morgan fingerprint density at radius 3 is 2.50 bits per heavy atom. The first kappa shape index (κ1) is 29.5. The second-order valence-corrected chi connectivity index (χ2v) is 10.1. The van der Waals surface area contributed by atoms with Crippen LogP contribution in [0.3, 0.4) is 0 Å². The van der Waals surface area contributed by atoms with E-state index in [-0.39, 0.29) is 17.2 Å². The maximum absolute atomic E-state index is 13.1. The second-order valence-electron chi connectivity index (χ2n) is 8.10. The molecule has 3 aromatic carbocycles. The van der Waals surface area contributed by atoms with Crippen molar-refractivity contribution in [2.45, 2.75) is 32.4 Å². The number of ether oxygens (including phenoxy) is 2. The minimum atomic E-state index is -0.945. The van der Waals surface area contributed by atoms with E-state index in [9.17, 15) is 14.7 Å². The van der Waals surface area contributed by atoms with Crippen molar-refractivity contribution in [3.63, 3.8) is 0 Å². The molecular weight excluding hydrogens is 644 g/mol. The molecule has 0 aliphatic carbocycles. The predicted octanol–water partition coefficient (Wildman–Crippen LogP) is 5.35. The van der Waals surface area contributed by atoms with E-state index < -0.39 is 24.0 Å². The standard InChI is InChI=1S/C27H26Cl2IN3O5/c1-3-37-24-13-18(11-21(30)25(24)34)15-31-33-27(36)22(12-17-7-5-4-6-8-17)32-26(35)16(2)38-23-10-9-19(28)14-20(23)29/h4-11,13-16,22,34H,3,12H2,1-2H3,(H,32,35)(H,33,36)/b31-15-/t16-,22+/m1/s1. The number of phenolic OH excluding ortho intramolecular Hbond substituents is 1. The summed E-state index contributed by atoms with van der Waals surface area (Å²) in [6, 6.07) is 16.3. The van der Waals surface area contributed by atoms with Crippen LogP contribution in [0.15, 0.2) is 65.8 Å². The lowest BCUT2D eigenvalue weighted by Crippen LogP contribution is -2.50. The van der Waals surface area contributed by atoms with Gasteiger partial charge in [-0.15, -0.1) is 0 Å². The molecule has 38 heavy (non-hydrogen) atoms. The normalized spacial score (nSPS) is 12.6. The van der Waals surface area contributed by atoms with Crippen LogP contribution in [0.1, 0.15) is 25.0 Å². The summed E-state index contributed by atoms with van der Waals surface area (Å²) >= 11 is 14.1. The molecule has 0 aromatic heterocycles. The maximum Gasteiger partial charge on any atom is 0.262 e. The number of rotatable bonds is 11. The van der Waals surface area contributed by atoms with E-state index in [1.807, 2.05) is 59.8 Å². The van der Waals surface area contributed by atoms with Crippen molar-refractivity contribution in [2.75, 3.05) is 6.61 Å². The van der Waals surface area contributed by atoms with Crippen LogP contribution in [0.5, 0.6) is 17.2 Å². The molecule has 11 heteroatoms. The van der Waals surface area contributed by atoms with Gasteiger partial charge in [0.05, 0.1) is 21.4 Å². The fourth-order valence-corrected chi connectivity index (χ4v) is 4.42. The van der Waals surface area contributed by atoms with E-state index in [1.165, 1.54) is 12.3 Å². The van der Waals surface area contributed by atoms with E-state index in [4.69, 9.17) is 32.7 Å². The van der Waals surface area contributed by atoms with E-state index in [0.717, 1.165) is 5.56 Å². The number of hydrogen-bond donors (Lipinski definition) is 3. The number of carbonyl (C=O) groups is 2. The third-order valence-electron chi connectivity index (χ3n) is 5.22. The number of aromatic hydroxyl groups is 1. The molecule has 0 bridgehead atoms. The summed E-state index contributed by atoms with van der Waals surface area (Å²) in [6.07, 6.45) is 0.713. The summed E-state index contributed by atoms with van der Waals surface area (Å²) in [5.41, 5.74) is 3.94. The van der Waals surface area contributed by atoms with Crippen molar-refractivity contribution in [2.24, 2.45) is 5.10 Å². The molecule has 0 unspecified atom stereocenters.